The molecule has 0 amide bonds. The number of aryl methyl sites for hydroxylation is 1. The maximum Gasteiger partial charge on any atom is 0.0159 e. The molecule has 0 spiro atoms. The normalized spacial score (nSPS) is 20.9. The highest BCUT2D eigenvalue weighted by molar-refractivity contribution is 5.84. The molecule has 2 aromatic carbocycles. The van der Waals surface area contributed by atoms with Crippen molar-refractivity contribution in [2.24, 2.45) is 5.92 Å². The number of allylic oxidation sites excluding steroid dienone is 4. The average Bonchev–Trinajstić information content (AvgIpc) is 2.76. The SMILES string of the molecule is Cc1ccc2c(c1)C(C)(C)c1cc(C3=CCC(C)C=C3)ccc1-2. The Bertz CT molecular complexity index is 846. The van der Waals surface area contributed by atoms with Crippen LogP contribution in [0.2, 0.25) is 0 Å². The van der Waals surface area contributed by atoms with Crippen molar-refractivity contribution < 1.29 is 0 Å². The predicted molar refractivity (Wildman–Crippen MR) is 99.6 cm³/mol. The van der Waals surface area contributed by atoms with Gasteiger partial charge in [0.1, 0.15) is 0 Å². The van der Waals surface area contributed by atoms with Gasteiger partial charge in [0, 0.05) is 5.41 Å². The van der Waals surface area contributed by atoms with Gasteiger partial charge in [0.15, 0.2) is 0 Å². The minimum absolute atomic E-state index is 0.0823. The second-order valence-corrected chi connectivity index (χ2v) is 7.67. The van der Waals surface area contributed by atoms with E-state index in [2.05, 4.69) is 82.3 Å². The van der Waals surface area contributed by atoms with E-state index in [1.54, 1.807) is 0 Å². The van der Waals surface area contributed by atoms with Gasteiger partial charge in [0.2, 0.25) is 0 Å². The predicted octanol–water partition coefficient (Wildman–Crippen LogP) is 6.28. The highest BCUT2D eigenvalue weighted by atomic mass is 14.4. The molecule has 1 atom stereocenters. The number of hydrogen-bond acceptors (Lipinski definition) is 0. The van der Waals surface area contributed by atoms with E-state index in [-0.39, 0.29) is 5.41 Å². The zero-order valence-electron chi connectivity index (χ0n) is 14.5. The Morgan fingerprint density at radius 1 is 0.957 bits per heavy atom. The summed E-state index contributed by atoms with van der Waals surface area (Å²) in [5.74, 6) is 0.664. The highest BCUT2D eigenvalue weighted by Gasteiger charge is 2.35. The first-order valence-electron chi connectivity index (χ1n) is 8.61. The van der Waals surface area contributed by atoms with Crippen molar-refractivity contribution in [3.63, 3.8) is 0 Å². The summed E-state index contributed by atoms with van der Waals surface area (Å²) in [6.07, 6.45) is 8.14. The summed E-state index contributed by atoms with van der Waals surface area (Å²) in [7, 11) is 0. The standard InChI is InChI=1S/C23H24/c1-15-5-8-17(9-6-15)18-10-12-20-19-11-7-16(2)13-21(19)23(3,4)22(20)14-18/h5,7-15H,6H2,1-4H3. The summed E-state index contributed by atoms with van der Waals surface area (Å²) in [6, 6.07) is 13.9. The minimum Gasteiger partial charge on any atom is -0.0808 e. The topological polar surface area (TPSA) is 0 Å². The fourth-order valence-corrected chi connectivity index (χ4v) is 3.97. The van der Waals surface area contributed by atoms with Crippen molar-refractivity contribution in [3.05, 3.63) is 76.9 Å². The van der Waals surface area contributed by atoms with Gasteiger partial charge in [-0.05, 0) is 58.7 Å². The van der Waals surface area contributed by atoms with E-state index in [0.29, 0.717) is 5.92 Å². The lowest BCUT2D eigenvalue weighted by Gasteiger charge is -2.22. The van der Waals surface area contributed by atoms with Gasteiger partial charge in [-0.2, -0.15) is 0 Å². The third-order valence-electron chi connectivity index (χ3n) is 5.48. The number of fused-ring (bicyclic) bond motifs is 3. The van der Waals surface area contributed by atoms with Gasteiger partial charge in [-0.15, -0.1) is 0 Å². The van der Waals surface area contributed by atoms with E-state index in [1.165, 1.54) is 39.0 Å². The molecule has 0 heterocycles. The Hall–Kier alpha value is -2.08. The van der Waals surface area contributed by atoms with Crippen LogP contribution in [-0.4, -0.2) is 0 Å². The average molecular weight is 300 g/mol. The van der Waals surface area contributed by atoms with Gasteiger partial charge >= 0.3 is 0 Å². The van der Waals surface area contributed by atoms with Crippen LogP contribution >= 0.6 is 0 Å². The molecule has 0 nitrogen and oxygen atoms in total. The monoisotopic (exact) mass is 300 g/mol. The molecule has 0 radical (unpaired) electrons. The van der Waals surface area contributed by atoms with E-state index < -0.39 is 0 Å². The fourth-order valence-electron chi connectivity index (χ4n) is 3.97. The maximum atomic E-state index is 2.41. The number of rotatable bonds is 1. The number of benzene rings is 2. The van der Waals surface area contributed by atoms with Gasteiger partial charge in [0.25, 0.3) is 0 Å². The van der Waals surface area contributed by atoms with Crippen molar-refractivity contribution in [1.29, 1.82) is 0 Å². The molecule has 116 valence electrons. The molecule has 0 N–H and O–H groups in total. The smallest absolute Gasteiger partial charge is 0.0159 e. The molecule has 0 fully saturated rings. The fraction of sp³-hybridized carbons (Fsp3) is 0.304. The molecule has 0 heteroatoms. The molecule has 2 aliphatic rings. The van der Waals surface area contributed by atoms with Crippen LogP contribution in [0.4, 0.5) is 0 Å². The van der Waals surface area contributed by atoms with Crippen LogP contribution in [0.5, 0.6) is 0 Å². The minimum atomic E-state index is 0.0823. The van der Waals surface area contributed by atoms with E-state index in [0.717, 1.165) is 6.42 Å². The molecule has 1 unspecified atom stereocenters. The lowest BCUT2D eigenvalue weighted by atomic mass is 9.81. The Balaban J connectivity index is 1.84. The Kier molecular flexibility index (Phi) is 3.13. The van der Waals surface area contributed by atoms with Crippen LogP contribution in [0.1, 0.15) is 49.4 Å². The highest BCUT2D eigenvalue weighted by Crippen LogP contribution is 2.49. The van der Waals surface area contributed by atoms with Crippen LogP contribution in [0.15, 0.2) is 54.6 Å². The lowest BCUT2D eigenvalue weighted by Crippen LogP contribution is -2.15. The Labute approximate surface area is 139 Å². The second-order valence-electron chi connectivity index (χ2n) is 7.67. The summed E-state index contributed by atoms with van der Waals surface area (Å²) in [6.45, 7) is 9.17. The molecule has 0 saturated carbocycles. The van der Waals surface area contributed by atoms with Crippen LogP contribution in [-0.2, 0) is 5.41 Å². The van der Waals surface area contributed by atoms with Crippen molar-refractivity contribution in [1.82, 2.24) is 0 Å². The first kappa shape index (κ1) is 14.5. The summed E-state index contributed by atoms with van der Waals surface area (Å²) in [5.41, 5.74) is 9.88. The summed E-state index contributed by atoms with van der Waals surface area (Å²) < 4.78 is 0. The summed E-state index contributed by atoms with van der Waals surface area (Å²) >= 11 is 0. The summed E-state index contributed by atoms with van der Waals surface area (Å²) in [4.78, 5) is 0. The molecule has 23 heavy (non-hydrogen) atoms. The van der Waals surface area contributed by atoms with Gasteiger partial charge in [0.05, 0.1) is 0 Å². The Morgan fingerprint density at radius 3 is 2.35 bits per heavy atom. The largest absolute Gasteiger partial charge is 0.0808 e. The molecule has 0 saturated heterocycles. The molecule has 0 bridgehead atoms. The van der Waals surface area contributed by atoms with E-state index in [1.807, 2.05) is 0 Å². The molecular formula is C23H24. The van der Waals surface area contributed by atoms with Crippen molar-refractivity contribution in [2.75, 3.05) is 0 Å². The number of hydrogen-bond donors (Lipinski definition) is 0. The first-order valence-corrected chi connectivity index (χ1v) is 8.61. The van der Waals surface area contributed by atoms with E-state index in [4.69, 9.17) is 0 Å². The third kappa shape index (κ3) is 2.20. The van der Waals surface area contributed by atoms with Gasteiger partial charge in [-0.25, -0.2) is 0 Å². The summed E-state index contributed by atoms with van der Waals surface area (Å²) in [5, 5.41) is 0. The quantitative estimate of drug-likeness (QED) is 0.581. The molecular weight excluding hydrogens is 276 g/mol. The Morgan fingerprint density at radius 2 is 1.65 bits per heavy atom. The molecule has 2 aromatic rings. The zero-order valence-corrected chi connectivity index (χ0v) is 14.5. The first-order chi connectivity index (χ1) is 11.0. The maximum absolute atomic E-state index is 2.41. The van der Waals surface area contributed by atoms with Gasteiger partial charge in [-0.1, -0.05) is 74.9 Å². The van der Waals surface area contributed by atoms with Crippen molar-refractivity contribution in [3.8, 4) is 11.1 Å². The van der Waals surface area contributed by atoms with Crippen LogP contribution in [0.3, 0.4) is 0 Å². The second kappa shape index (κ2) is 4.96. The lowest BCUT2D eigenvalue weighted by molar-refractivity contribution is 0.659. The van der Waals surface area contributed by atoms with E-state index in [9.17, 15) is 0 Å². The van der Waals surface area contributed by atoms with Crippen LogP contribution in [0, 0.1) is 12.8 Å². The van der Waals surface area contributed by atoms with Gasteiger partial charge in [-0.3, -0.25) is 0 Å². The van der Waals surface area contributed by atoms with Crippen LogP contribution < -0.4 is 0 Å². The van der Waals surface area contributed by atoms with Crippen molar-refractivity contribution >= 4 is 5.57 Å². The molecule has 0 aliphatic heterocycles. The van der Waals surface area contributed by atoms with Gasteiger partial charge < -0.3 is 0 Å². The molecule has 2 aliphatic carbocycles. The molecule has 0 aromatic heterocycles. The molecule has 4 rings (SSSR count). The zero-order chi connectivity index (χ0) is 16.2. The van der Waals surface area contributed by atoms with Crippen LogP contribution in [0.25, 0.3) is 16.7 Å². The van der Waals surface area contributed by atoms with E-state index >= 15 is 0 Å². The third-order valence-corrected chi connectivity index (χ3v) is 5.48. The van der Waals surface area contributed by atoms with Crippen molar-refractivity contribution in [2.45, 2.75) is 39.5 Å².